The molecule has 146 valence electrons. The Labute approximate surface area is 166 Å². The lowest BCUT2D eigenvalue weighted by molar-refractivity contribution is 0.286. The summed E-state index contributed by atoms with van der Waals surface area (Å²) in [4.78, 5) is 5.29. The number of nitrogens with one attached hydrogen (secondary N) is 1. The molecule has 0 unspecified atom stereocenters. The number of nitrogens with zero attached hydrogens (tertiary/aromatic N) is 3. The van der Waals surface area contributed by atoms with E-state index < -0.39 is 0 Å². The molecule has 0 bridgehead atoms. The van der Waals surface area contributed by atoms with Crippen LogP contribution in [0.3, 0.4) is 0 Å². The number of rotatable bonds is 7. The van der Waals surface area contributed by atoms with Crippen LogP contribution in [0.4, 0.5) is 5.82 Å². The third kappa shape index (κ3) is 3.30. The van der Waals surface area contributed by atoms with Crippen molar-refractivity contribution in [2.75, 3.05) is 26.0 Å². The zero-order chi connectivity index (χ0) is 19.7. The van der Waals surface area contributed by atoms with Crippen LogP contribution in [0.15, 0.2) is 30.7 Å². The highest BCUT2D eigenvalue weighted by molar-refractivity contribution is 7.22. The van der Waals surface area contributed by atoms with Crippen molar-refractivity contribution in [3.63, 3.8) is 0 Å². The Morgan fingerprint density at radius 2 is 2.18 bits per heavy atom. The monoisotopic (exact) mass is 397 g/mol. The number of methoxy groups -OCH3 is 1. The number of hydrogen-bond acceptors (Lipinski definition) is 7. The molecule has 7 nitrogen and oxygen atoms in total. The second kappa shape index (κ2) is 7.75. The van der Waals surface area contributed by atoms with Gasteiger partial charge in [-0.1, -0.05) is 6.07 Å². The van der Waals surface area contributed by atoms with Crippen LogP contribution in [0.5, 0.6) is 5.75 Å². The molecule has 0 saturated carbocycles. The van der Waals surface area contributed by atoms with Crippen molar-refractivity contribution in [2.24, 2.45) is 0 Å². The number of aryl methyl sites for hydroxylation is 1. The number of anilines is 1. The number of aliphatic hydroxyl groups is 1. The van der Waals surface area contributed by atoms with Crippen molar-refractivity contribution in [3.05, 3.63) is 41.9 Å². The van der Waals surface area contributed by atoms with Crippen LogP contribution >= 0.6 is 11.3 Å². The maximum absolute atomic E-state index is 9.01. The second-order valence-corrected chi connectivity index (χ2v) is 7.77. The van der Waals surface area contributed by atoms with E-state index in [2.05, 4.69) is 40.5 Å². The van der Waals surface area contributed by atoms with Crippen LogP contribution in [0.1, 0.15) is 17.5 Å². The van der Waals surface area contributed by atoms with Crippen LogP contribution < -0.4 is 15.8 Å². The predicted molar refractivity (Wildman–Crippen MR) is 113 cm³/mol. The van der Waals surface area contributed by atoms with Crippen molar-refractivity contribution in [1.29, 1.82) is 0 Å². The van der Waals surface area contributed by atoms with Crippen LogP contribution in [0.2, 0.25) is 0 Å². The van der Waals surface area contributed by atoms with E-state index in [0.29, 0.717) is 18.8 Å². The van der Waals surface area contributed by atoms with E-state index in [1.807, 2.05) is 6.20 Å². The quantitative estimate of drug-likeness (QED) is 0.415. The molecule has 3 heterocycles. The van der Waals surface area contributed by atoms with Crippen molar-refractivity contribution >= 4 is 32.8 Å². The van der Waals surface area contributed by atoms with E-state index in [0.717, 1.165) is 49.5 Å². The maximum Gasteiger partial charge on any atom is 0.152 e. The van der Waals surface area contributed by atoms with Gasteiger partial charge in [-0.3, -0.25) is 0 Å². The molecular formula is C20H23N5O2S. The molecule has 8 heteroatoms. The van der Waals surface area contributed by atoms with E-state index in [1.54, 1.807) is 23.0 Å². The number of aliphatic hydroxyl groups excluding tert-OH is 1. The first-order valence-electron chi connectivity index (χ1n) is 9.13. The minimum Gasteiger partial charge on any atom is -0.495 e. The maximum atomic E-state index is 9.01. The number of thiophene rings is 1. The number of aromatic nitrogens is 3. The topological polar surface area (TPSA) is 97.7 Å². The Hall–Kier alpha value is -2.68. The first kappa shape index (κ1) is 18.7. The van der Waals surface area contributed by atoms with E-state index in [1.165, 1.54) is 6.33 Å². The second-order valence-electron chi connectivity index (χ2n) is 6.72. The van der Waals surface area contributed by atoms with Gasteiger partial charge in [0.1, 0.15) is 17.6 Å². The van der Waals surface area contributed by atoms with Gasteiger partial charge in [-0.15, -0.1) is 11.3 Å². The summed E-state index contributed by atoms with van der Waals surface area (Å²) in [7, 11) is 1.70. The molecule has 28 heavy (non-hydrogen) atoms. The van der Waals surface area contributed by atoms with Crippen molar-refractivity contribution in [1.82, 2.24) is 19.9 Å². The molecular weight excluding hydrogens is 374 g/mol. The van der Waals surface area contributed by atoms with Gasteiger partial charge in [0.05, 0.1) is 11.8 Å². The Morgan fingerprint density at radius 1 is 1.32 bits per heavy atom. The lowest BCUT2D eigenvalue weighted by Gasteiger charge is -2.05. The highest BCUT2D eigenvalue weighted by atomic mass is 32.1. The molecule has 0 aliphatic carbocycles. The Morgan fingerprint density at radius 3 is 2.96 bits per heavy atom. The molecule has 4 N–H and O–H groups in total. The first-order chi connectivity index (χ1) is 13.6. The molecule has 0 aliphatic rings. The fraction of sp³-hybridized carbons (Fsp3) is 0.300. The Balaban J connectivity index is 1.88. The summed E-state index contributed by atoms with van der Waals surface area (Å²) >= 11 is 1.68. The lowest BCUT2D eigenvalue weighted by atomic mass is 10.1. The molecule has 4 rings (SSSR count). The number of fused-ring (bicyclic) bond motifs is 2. The van der Waals surface area contributed by atoms with Crippen molar-refractivity contribution in [2.45, 2.75) is 19.9 Å². The SMILES string of the molecule is COc1cc(C)cc2cc(-c3c(CNCCCO)cn4ncnc(N)c34)sc12. The lowest BCUT2D eigenvalue weighted by Crippen LogP contribution is -2.15. The van der Waals surface area contributed by atoms with E-state index in [4.69, 9.17) is 15.6 Å². The van der Waals surface area contributed by atoms with Gasteiger partial charge in [-0.05, 0) is 48.5 Å². The number of benzene rings is 1. The molecule has 1 aromatic carbocycles. The summed E-state index contributed by atoms with van der Waals surface area (Å²) in [6.45, 7) is 3.63. The average Bonchev–Trinajstić information content (AvgIpc) is 3.26. The predicted octanol–water partition coefficient (Wildman–Crippen LogP) is 2.98. The third-order valence-electron chi connectivity index (χ3n) is 4.70. The van der Waals surface area contributed by atoms with E-state index in [-0.39, 0.29) is 6.61 Å². The Kier molecular flexibility index (Phi) is 5.17. The zero-order valence-electron chi connectivity index (χ0n) is 15.9. The van der Waals surface area contributed by atoms with Crippen LogP contribution in [0.25, 0.3) is 26.0 Å². The van der Waals surface area contributed by atoms with Gasteiger partial charge in [-0.25, -0.2) is 9.50 Å². The zero-order valence-corrected chi connectivity index (χ0v) is 16.7. The van der Waals surface area contributed by atoms with Gasteiger partial charge in [0, 0.05) is 29.8 Å². The summed E-state index contributed by atoms with van der Waals surface area (Å²) in [5.74, 6) is 1.33. The summed E-state index contributed by atoms with van der Waals surface area (Å²) in [5.41, 5.74) is 10.3. The highest BCUT2D eigenvalue weighted by Gasteiger charge is 2.19. The van der Waals surface area contributed by atoms with Gasteiger partial charge in [0.25, 0.3) is 0 Å². The molecule has 0 saturated heterocycles. The molecule has 0 amide bonds. The Bertz CT molecular complexity index is 1130. The van der Waals surface area contributed by atoms with E-state index >= 15 is 0 Å². The number of nitrogen functional groups attached to an aromatic ring is 1. The van der Waals surface area contributed by atoms with Gasteiger partial charge in [0.15, 0.2) is 5.82 Å². The minimum atomic E-state index is 0.172. The highest BCUT2D eigenvalue weighted by Crippen LogP contribution is 2.43. The summed E-state index contributed by atoms with van der Waals surface area (Å²) in [5, 5.41) is 17.9. The summed E-state index contributed by atoms with van der Waals surface area (Å²) in [6.07, 6.45) is 4.16. The molecule has 0 radical (unpaired) electrons. The molecule has 3 aromatic heterocycles. The molecule has 0 aliphatic heterocycles. The fourth-order valence-electron chi connectivity index (χ4n) is 3.46. The van der Waals surface area contributed by atoms with Crippen molar-refractivity contribution in [3.8, 4) is 16.2 Å². The van der Waals surface area contributed by atoms with Gasteiger partial charge in [0.2, 0.25) is 0 Å². The number of hydrogen-bond donors (Lipinski definition) is 3. The van der Waals surface area contributed by atoms with Crippen LogP contribution in [0, 0.1) is 6.92 Å². The third-order valence-corrected chi connectivity index (χ3v) is 5.88. The van der Waals surface area contributed by atoms with Gasteiger partial charge in [-0.2, -0.15) is 5.10 Å². The number of nitrogens with two attached hydrogens (primary N) is 1. The standard InChI is InChI=1S/C20H23N5O2S/c1-12-6-13-8-16(28-19(13)15(7-12)27-2)17-14(9-22-4-3-5-26)10-25-18(17)20(21)23-11-24-25/h6-8,10-11,22,26H,3-5,9H2,1-2H3,(H2,21,23,24). The summed E-state index contributed by atoms with van der Waals surface area (Å²) in [6, 6.07) is 6.39. The minimum absolute atomic E-state index is 0.172. The fourth-order valence-corrected chi connectivity index (χ4v) is 4.67. The number of ether oxygens (including phenoxy) is 1. The molecule has 0 atom stereocenters. The van der Waals surface area contributed by atoms with E-state index in [9.17, 15) is 0 Å². The summed E-state index contributed by atoms with van der Waals surface area (Å²) < 4.78 is 8.49. The van der Waals surface area contributed by atoms with Gasteiger partial charge >= 0.3 is 0 Å². The molecule has 4 aromatic rings. The van der Waals surface area contributed by atoms with Crippen LogP contribution in [-0.4, -0.2) is 40.0 Å². The molecule has 0 spiro atoms. The largest absolute Gasteiger partial charge is 0.495 e. The normalized spacial score (nSPS) is 11.5. The van der Waals surface area contributed by atoms with Crippen molar-refractivity contribution < 1.29 is 9.84 Å². The molecule has 0 fully saturated rings. The smallest absolute Gasteiger partial charge is 0.152 e. The van der Waals surface area contributed by atoms with Crippen LogP contribution in [-0.2, 0) is 6.54 Å². The average molecular weight is 398 g/mol. The first-order valence-corrected chi connectivity index (χ1v) is 9.95. The van der Waals surface area contributed by atoms with Gasteiger partial charge < -0.3 is 20.9 Å².